The molecule has 2 aliphatic rings. The number of hydrogen-bond acceptors (Lipinski definition) is 6. The van der Waals surface area contributed by atoms with Gasteiger partial charge in [-0.05, 0) is 37.1 Å². The average molecular weight is 377 g/mol. The molecule has 0 spiro atoms. The quantitative estimate of drug-likeness (QED) is 0.691. The molecular formula is C21H19N3O4. The Morgan fingerprint density at radius 1 is 1.14 bits per heavy atom. The molecule has 1 saturated heterocycles. The zero-order valence-electron chi connectivity index (χ0n) is 15.4. The van der Waals surface area contributed by atoms with Gasteiger partial charge in [-0.25, -0.2) is 0 Å². The first-order valence-corrected chi connectivity index (χ1v) is 9.26. The zero-order chi connectivity index (χ0) is 19.1. The van der Waals surface area contributed by atoms with Crippen LogP contribution in [0.3, 0.4) is 0 Å². The molecule has 142 valence electrons. The minimum atomic E-state index is -0.205. The molecule has 1 unspecified atom stereocenters. The molecule has 1 aromatic heterocycles. The van der Waals surface area contributed by atoms with Crippen LogP contribution in [0, 0.1) is 6.92 Å². The number of nitrogens with zero attached hydrogens (tertiary/aromatic N) is 3. The summed E-state index contributed by atoms with van der Waals surface area (Å²) in [6.45, 7) is 2.80. The standard InChI is InChI=1S/C21H19N3O4/c1-13-3-2-4-14(9-13)11-24-16(6-8-19(24)25)21-22-20(23-28-21)15-5-7-17-18(10-15)27-12-26-17/h2-5,7,9-10,16H,6,8,11-12H2,1H3. The predicted molar refractivity (Wildman–Crippen MR) is 99.6 cm³/mol. The number of likely N-dealkylation sites (tertiary alicyclic amines) is 1. The van der Waals surface area contributed by atoms with E-state index in [1.54, 1.807) is 0 Å². The zero-order valence-corrected chi connectivity index (χ0v) is 15.4. The summed E-state index contributed by atoms with van der Waals surface area (Å²) in [7, 11) is 0. The summed E-state index contributed by atoms with van der Waals surface area (Å²) in [5.74, 6) is 2.42. The number of carbonyl (C=O) groups excluding carboxylic acids is 1. The lowest BCUT2D eigenvalue weighted by Crippen LogP contribution is -2.27. The van der Waals surface area contributed by atoms with Crippen LogP contribution in [0.2, 0.25) is 0 Å². The van der Waals surface area contributed by atoms with Gasteiger partial charge in [0.15, 0.2) is 11.5 Å². The average Bonchev–Trinajstić information content (AvgIpc) is 3.42. The van der Waals surface area contributed by atoms with Gasteiger partial charge in [-0.2, -0.15) is 4.98 Å². The molecule has 28 heavy (non-hydrogen) atoms. The van der Waals surface area contributed by atoms with E-state index in [4.69, 9.17) is 14.0 Å². The molecule has 1 atom stereocenters. The van der Waals surface area contributed by atoms with E-state index in [0.29, 0.717) is 42.6 Å². The summed E-state index contributed by atoms with van der Waals surface area (Å²) in [4.78, 5) is 18.8. The van der Waals surface area contributed by atoms with Crippen LogP contribution in [0.5, 0.6) is 11.5 Å². The van der Waals surface area contributed by atoms with Gasteiger partial charge in [0.1, 0.15) is 6.04 Å². The van der Waals surface area contributed by atoms with Gasteiger partial charge in [-0.3, -0.25) is 4.79 Å². The molecule has 0 bridgehead atoms. The number of aryl methyl sites for hydroxylation is 1. The maximum absolute atomic E-state index is 12.5. The van der Waals surface area contributed by atoms with E-state index in [1.807, 2.05) is 48.2 Å². The first-order chi connectivity index (χ1) is 13.7. The van der Waals surface area contributed by atoms with E-state index in [2.05, 4.69) is 16.2 Å². The highest BCUT2D eigenvalue weighted by Crippen LogP contribution is 2.37. The molecule has 3 aromatic rings. The second-order valence-electron chi connectivity index (χ2n) is 7.09. The van der Waals surface area contributed by atoms with Crippen molar-refractivity contribution >= 4 is 5.91 Å². The number of fused-ring (bicyclic) bond motifs is 1. The third-order valence-corrected chi connectivity index (χ3v) is 5.12. The fourth-order valence-corrected chi connectivity index (χ4v) is 3.72. The molecule has 5 rings (SSSR count). The van der Waals surface area contributed by atoms with Gasteiger partial charge >= 0.3 is 0 Å². The number of carbonyl (C=O) groups is 1. The van der Waals surface area contributed by atoms with E-state index in [1.165, 1.54) is 5.56 Å². The summed E-state index contributed by atoms with van der Waals surface area (Å²) in [5.41, 5.74) is 3.05. The maximum Gasteiger partial charge on any atom is 0.249 e. The van der Waals surface area contributed by atoms with Crippen molar-refractivity contribution in [1.82, 2.24) is 15.0 Å². The number of amides is 1. The summed E-state index contributed by atoms with van der Waals surface area (Å²) < 4.78 is 16.3. The van der Waals surface area contributed by atoms with Gasteiger partial charge in [0, 0.05) is 18.5 Å². The largest absolute Gasteiger partial charge is 0.454 e. The Kier molecular flexibility index (Phi) is 4.00. The third kappa shape index (κ3) is 2.98. The van der Waals surface area contributed by atoms with Crippen LogP contribution in [-0.2, 0) is 11.3 Å². The Bertz CT molecular complexity index is 1050. The van der Waals surface area contributed by atoms with Crippen molar-refractivity contribution in [3.63, 3.8) is 0 Å². The number of ether oxygens (including phenoxy) is 2. The summed E-state index contributed by atoms with van der Waals surface area (Å²) in [6.07, 6.45) is 1.16. The van der Waals surface area contributed by atoms with E-state index in [-0.39, 0.29) is 18.7 Å². The Morgan fingerprint density at radius 2 is 2.04 bits per heavy atom. The molecule has 0 saturated carbocycles. The van der Waals surface area contributed by atoms with Crippen molar-refractivity contribution in [2.24, 2.45) is 0 Å². The molecule has 3 heterocycles. The first-order valence-electron chi connectivity index (χ1n) is 9.26. The van der Waals surface area contributed by atoms with Crippen LogP contribution in [-0.4, -0.2) is 27.7 Å². The molecule has 7 heteroatoms. The highest BCUT2D eigenvalue weighted by Gasteiger charge is 2.36. The van der Waals surface area contributed by atoms with Crippen molar-refractivity contribution in [3.05, 3.63) is 59.5 Å². The predicted octanol–water partition coefficient (Wildman–Crippen LogP) is 3.64. The van der Waals surface area contributed by atoms with Crippen LogP contribution < -0.4 is 9.47 Å². The van der Waals surface area contributed by atoms with Crippen LogP contribution in [0.15, 0.2) is 47.0 Å². The van der Waals surface area contributed by atoms with Crippen LogP contribution in [0.4, 0.5) is 0 Å². The topological polar surface area (TPSA) is 77.7 Å². The lowest BCUT2D eigenvalue weighted by atomic mass is 10.1. The highest BCUT2D eigenvalue weighted by atomic mass is 16.7. The Morgan fingerprint density at radius 3 is 2.93 bits per heavy atom. The molecule has 7 nitrogen and oxygen atoms in total. The Labute approximate surface area is 161 Å². The van der Waals surface area contributed by atoms with E-state index in [9.17, 15) is 4.79 Å². The van der Waals surface area contributed by atoms with Crippen LogP contribution in [0.1, 0.15) is 35.9 Å². The van der Waals surface area contributed by atoms with E-state index in [0.717, 1.165) is 11.1 Å². The maximum atomic E-state index is 12.5. The lowest BCUT2D eigenvalue weighted by molar-refractivity contribution is -0.130. The van der Waals surface area contributed by atoms with Crippen molar-refractivity contribution < 1.29 is 18.8 Å². The highest BCUT2D eigenvalue weighted by molar-refractivity contribution is 5.79. The molecule has 1 amide bonds. The number of benzene rings is 2. The van der Waals surface area contributed by atoms with Gasteiger partial charge < -0.3 is 18.9 Å². The smallest absolute Gasteiger partial charge is 0.249 e. The van der Waals surface area contributed by atoms with Gasteiger partial charge in [0.2, 0.25) is 24.4 Å². The fraction of sp³-hybridized carbons (Fsp3) is 0.286. The van der Waals surface area contributed by atoms with Gasteiger partial charge in [0.25, 0.3) is 0 Å². The Balaban J connectivity index is 1.40. The normalized spacial score (nSPS) is 18.1. The van der Waals surface area contributed by atoms with Crippen LogP contribution in [0.25, 0.3) is 11.4 Å². The van der Waals surface area contributed by atoms with Crippen molar-refractivity contribution in [1.29, 1.82) is 0 Å². The van der Waals surface area contributed by atoms with Gasteiger partial charge in [-0.1, -0.05) is 35.0 Å². The summed E-state index contributed by atoms with van der Waals surface area (Å²) >= 11 is 0. The molecule has 1 fully saturated rings. The molecule has 0 aliphatic carbocycles. The third-order valence-electron chi connectivity index (χ3n) is 5.12. The monoisotopic (exact) mass is 377 g/mol. The van der Waals surface area contributed by atoms with Crippen LogP contribution >= 0.6 is 0 Å². The van der Waals surface area contributed by atoms with E-state index < -0.39 is 0 Å². The first kappa shape index (κ1) is 16.8. The van der Waals surface area contributed by atoms with Gasteiger partial charge in [0.05, 0.1) is 0 Å². The molecule has 0 N–H and O–H groups in total. The molecule has 2 aliphatic heterocycles. The SMILES string of the molecule is Cc1cccc(CN2C(=O)CCC2c2nc(-c3ccc4c(c3)OCO4)no2)c1. The molecular weight excluding hydrogens is 358 g/mol. The molecule has 0 radical (unpaired) electrons. The second kappa shape index (κ2) is 6.67. The van der Waals surface area contributed by atoms with Gasteiger partial charge in [-0.15, -0.1) is 0 Å². The van der Waals surface area contributed by atoms with Crippen molar-refractivity contribution in [2.75, 3.05) is 6.79 Å². The second-order valence-corrected chi connectivity index (χ2v) is 7.09. The minimum Gasteiger partial charge on any atom is -0.454 e. The van der Waals surface area contributed by atoms with Crippen molar-refractivity contribution in [3.8, 4) is 22.9 Å². The lowest BCUT2D eigenvalue weighted by Gasteiger charge is -2.22. The fourth-order valence-electron chi connectivity index (χ4n) is 3.72. The number of rotatable bonds is 4. The van der Waals surface area contributed by atoms with E-state index >= 15 is 0 Å². The Hall–Kier alpha value is -3.35. The summed E-state index contributed by atoms with van der Waals surface area (Å²) in [5, 5.41) is 4.12. The van der Waals surface area contributed by atoms with Crippen molar-refractivity contribution in [2.45, 2.75) is 32.4 Å². The summed E-state index contributed by atoms with van der Waals surface area (Å²) in [6, 6.07) is 13.5. The minimum absolute atomic E-state index is 0.106. The molecule has 2 aromatic carbocycles. The number of aromatic nitrogens is 2. The number of hydrogen-bond donors (Lipinski definition) is 0.